The SMILES string of the molecule is COc1cccc2c(NCCCl)cc(C)nc12. The van der Waals surface area contributed by atoms with Crippen LogP contribution in [0.1, 0.15) is 5.69 Å². The standard InChI is InChI=1S/C13H15ClN2O/c1-9-8-11(15-7-6-14)10-4-3-5-12(17-2)13(10)16-9/h3-5,8H,6-7H2,1-2H3,(H,15,16). The summed E-state index contributed by atoms with van der Waals surface area (Å²) in [6.45, 7) is 2.70. The van der Waals surface area contributed by atoms with Gasteiger partial charge in [-0.1, -0.05) is 12.1 Å². The molecule has 0 bridgehead atoms. The Labute approximate surface area is 106 Å². The van der Waals surface area contributed by atoms with E-state index in [0.29, 0.717) is 5.88 Å². The smallest absolute Gasteiger partial charge is 0.145 e. The Morgan fingerprint density at radius 1 is 1.41 bits per heavy atom. The molecule has 4 heteroatoms. The van der Waals surface area contributed by atoms with Crippen molar-refractivity contribution in [3.05, 3.63) is 30.0 Å². The highest BCUT2D eigenvalue weighted by atomic mass is 35.5. The van der Waals surface area contributed by atoms with Gasteiger partial charge in [0.15, 0.2) is 0 Å². The van der Waals surface area contributed by atoms with Crippen LogP contribution < -0.4 is 10.1 Å². The van der Waals surface area contributed by atoms with E-state index in [2.05, 4.69) is 10.3 Å². The average molecular weight is 251 g/mol. The first-order valence-corrected chi connectivity index (χ1v) is 6.04. The fourth-order valence-electron chi connectivity index (χ4n) is 1.84. The van der Waals surface area contributed by atoms with Crippen LogP contribution in [0.4, 0.5) is 5.69 Å². The van der Waals surface area contributed by atoms with Crippen molar-refractivity contribution in [3.8, 4) is 5.75 Å². The van der Waals surface area contributed by atoms with Gasteiger partial charge in [0.25, 0.3) is 0 Å². The molecule has 3 nitrogen and oxygen atoms in total. The van der Waals surface area contributed by atoms with E-state index in [-0.39, 0.29) is 0 Å². The maximum atomic E-state index is 5.70. The van der Waals surface area contributed by atoms with Crippen LogP contribution >= 0.6 is 11.6 Å². The zero-order chi connectivity index (χ0) is 12.3. The molecular weight excluding hydrogens is 236 g/mol. The molecule has 2 aromatic rings. The quantitative estimate of drug-likeness (QED) is 0.847. The number of methoxy groups -OCH3 is 1. The van der Waals surface area contributed by atoms with Crippen LogP contribution in [0, 0.1) is 6.92 Å². The van der Waals surface area contributed by atoms with E-state index in [1.54, 1.807) is 7.11 Å². The Kier molecular flexibility index (Phi) is 3.69. The van der Waals surface area contributed by atoms with Crippen LogP contribution in [-0.4, -0.2) is 24.5 Å². The van der Waals surface area contributed by atoms with Crippen molar-refractivity contribution in [1.29, 1.82) is 0 Å². The van der Waals surface area contributed by atoms with Crippen LogP contribution in [0.15, 0.2) is 24.3 Å². The molecule has 0 atom stereocenters. The molecular formula is C13H15ClN2O. The molecule has 90 valence electrons. The molecule has 0 aliphatic heterocycles. The summed E-state index contributed by atoms with van der Waals surface area (Å²) in [7, 11) is 1.66. The number of rotatable bonds is 4. The van der Waals surface area contributed by atoms with Crippen LogP contribution in [0.25, 0.3) is 10.9 Å². The highest BCUT2D eigenvalue weighted by Crippen LogP contribution is 2.29. The van der Waals surface area contributed by atoms with Gasteiger partial charge >= 0.3 is 0 Å². The summed E-state index contributed by atoms with van der Waals surface area (Å²) < 4.78 is 5.33. The molecule has 0 saturated heterocycles. The highest BCUT2D eigenvalue weighted by molar-refractivity contribution is 6.18. The number of hydrogen-bond donors (Lipinski definition) is 1. The van der Waals surface area contributed by atoms with E-state index in [4.69, 9.17) is 16.3 Å². The topological polar surface area (TPSA) is 34.1 Å². The molecule has 2 rings (SSSR count). The molecule has 17 heavy (non-hydrogen) atoms. The van der Waals surface area contributed by atoms with Crippen molar-refractivity contribution in [2.45, 2.75) is 6.92 Å². The molecule has 1 aromatic carbocycles. The van der Waals surface area contributed by atoms with Crippen molar-refractivity contribution >= 4 is 28.2 Å². The first kappa shape index (κ1) is 12.0. The predicted octanol–water partition coefficient (Wildman–Crippen LogP) is 3.20. The Morgan fingerprint density at radius 3 is 2.94 bits per heavy atom. The second kappa shape index (κ2) is 5.23. The number of anilines is 1. The van der Waals surface area contributed by atoms with Gasteiger partial charge in [0.05, 0.1) is 7.11 Å². The molecule has 1 aromatic heterocycles. The molecule has 1 heterocycles. The molecule has 0 radical (unpaired) electrons. The first-order chi connectivity index (χ1) is 8.26. The summed E-state index contributed by atoms with van der Waals surface area (Å²) >= 11 is 5.70. The third-order valence-corrected chi connectivity index (χ3v) is 2.75. The van der Waals surface area contributed by atoms with Gasteiger partial charge < -0.3 is 10.1 Å². The lowest BCUT2D eigenvalue weighted by atomic mass is 10.1. The number of nitrogens with one attached hydrogen (secondary N) is 1. The van der Waals surface area contributed by atoms with E-state index in [1.165, 1.54) is 0 Å². The zero-order valence-electron chi connectivity index (χ0n) is 9.96. The lowest BCUT2D eigenvalue weighted by molar-refractivity contribution is 0.419. The third kappa shape index (κ3) is 2.44. The monoisotopic (exact) mass is 250 g/mol. The number of hydrogen-bond acceptors (Lipinski definition) is 3. The lowest BCUT2D eigenvalue weighted by Gasteiger charge is -2.11. The minimum absolute atomic E-state index is 0.576. The fourth-order valence-corrected chi connectivity index (χ4v) is 1.94. The number of aryl methyl sites for hydroxylation is 1. The second-order valence-corrected chi connectivity index (χ2v) is 4.16. The van der Waals surface area contributed by atoms with E-state index in [9.17, 15) is 0 Å². The Bertz CT molecular complexity index is 528. The third-order valence-electron chi connectivity index (χ3n) is 2.56. The molecule has 0 amide bonds. The van der Waals surface area contributed by atoms with Gasteiger partial charge in [-0.3, -0.25) is 0 Å². The molecule has 0 aliphatic rings. The average Bonchev–Trinajstić information content (AvgIpc) is 2.35. The summed E-state index contributed by atoms with van der Waals surface area (Å²) in [6.07, 6.45) is 0. The van der Waals surface area contributed by atoms with Gasteiger partial charge in [-0.25, -0.2) is 4.98 Å². The van der Waals surface area contributed by atoms with Gasteiger partial charge in [0, 0.05) is 29.2 Å². The van der Waals surface area contributed by atoms with Gasteiger partial charge in [-0.05, 0) is 19.1 Å². The molecule has 0 saturated carbocycles. The van der Waals surface area contributed by atoms with Crippen LogP contribution in [0.2, 0.25) is 0 Å². The van der Waals surface area contributed by atoms with Gasteiger partial charge in [0.2, 0.25) is 0 Å². The number of benzene rings is 1. The van der Waals surface area contributed by atoms with Crippen molar-refractivity contribution in [3.63, 3.8) is 0 Å². The second-order valence-electron chi connectivity index (χ2n) is 3.78. The molecule has 1 N–H and O–H groups in total. The molecule has 0 fully saturated rings. The number of pyridine rings is 1. The minimum Gasteiger partial charge on any atom is -0.494 e. The van der Waals surface area contributed by atoms with Crippen LogP contribution in [-0.2, 0) is 0 Å². The van der Waals surface area contributed by atoms with Crippen LogP contribution in [0.5, 0.6) is 5.75 Å². The van der Waals surface area contributed by atoms with Crippen molar-refractivity contribution in [1.82, 2.24) is 4.98 Å². The van der Waals surface area contributed by atoms with Crippen molar-refractivity contribution in [2.75, 3.05) is 24.9 Å². The lowest BCUT2D eigenvalue weighted by Crippen LogP contribution is -2.04. The van der Waals surface area contributed by atoms with E-state index >= 15 is 0 Å². The van der Waals surface area contributed by atoms with E-state index in [0.717, 1.165) is 34.6 Å². The van der Waals surface area contributed by atoms with E-state index in [1.807, 2.05) is 31.2 Å². The molecule has 0 spiro atoms. The summed E-state index contributed by atoms with van der Waals surface area (Å²) in [4.78, 5) is 4.52. The summed E-state index contributed by atoms with van der Waals surface area (Å²) in [6, 6.07) is 7.93. The number of para-hydroxylation sites is 1. The normalized spacial score (nSPS) is 10.5. The summed E-state index contributed by atoms with van der Waals surface area (Å²) in [5, 5.41) is 4.36. The van der Waals surface area contributed by atoms with Crippen molar-refractivity contribution < 1.29 is 4.74 Å². The van der Waals surface area contributed by atoms with Crippen LogP contribution in [0.3, 0.4) is 0 Å². The first-order valence-electron chi connectivity index (χ1n) is 5.50. The number of ether oxygens (including phenoxy) is 1. The number of alkyl halides is 1. The Morgan fingerprint density at radius 2 is 2.24 bits per heavy atom. The number of aromatic nitrogens is 1. The summed E-state index contributed by atoms with van der Waals surface area (Å²) in [5.74, 6) is 1.37. The largest absolute Gasteiger partial charge is 0.494 e. The Balaban J connectivity index is 2.59. The van der Waals surface area contributed by atoms with Gasteiger partial charge in [0.1, 0.15) is 11.3 Å². The van der Waals surface area contributed by atoms with Crippen molar-refractivity contribution in [2.24, 2.45) is 0 Å². The van der Waals surface area contributed by atoms with Gasteiger partial charge in [-0.2, -0.15) is 0 Å². The highest BCUT2D eigenvalue weighted by Gasteiger charge is 2.07. The van der Waals surface area contributed by atoms with E-state index < -0.39 is 0 Å². The maximum absolute atomic E-state index is 5.70. The molecule has 0 aliphatic carbocycles. The number of fused-ring (bicyclic) bond motifs is 1. The summed E-state index contributed by atoms with van der Waals surface area (Å²) in [5.41, 5.74) is 2.89. The molecule has 0 unspecified atom stereocenters. The maximum Gasteiger partial charge on any atom is 0.145 e. The minimum atomic E-state index is 0.576. The number of halogens is 1. The predicted molar refractivity (Wildman–Crippen MR) is 72.2 cm³/mol. The number of nitrogens with zero attached hydrogens (tertiary/aromatic N) is 1. The Hall–Kier alpha value is -1.48. The van der Waals surface area contributed by atoms with Gasteiger partial charge in [-0.15, -0.1) is 11.6 Å². The fraction of sp³-hybridized carbons (Fsp3) is 0.308. The zero-order valence-corrected chi connectivity index (χ0v) is 10.7.